The van der Waals surface area contributed by atoms with E-state index in [-0.39, 0.29) is 5.60 Å². The molecule has 2 heterocycles. The number of hydrogen-bond acceptors (Lipinski definition) is 3. The van der Waals surface area contributed by atoms with Crippen LogP contribution in [0, 0.1) is 0 Å². The van der Waals surface area contributed by atoms with Crippen molar-refractivity contribution in [2.45, 2.75) is 57.8 Å². The average molecular weight is 253 g/mol. The lowest BCUT2D eigenvalue weighted by Crippen LogP contribution is -2.35. The molecule has 0 aliphatic carbocycles. The number of rotatable bonds is 5. The summed E-state index contributed by atoms with van der Waals surface area (Å²) in [5, 5.41) is 7.95. The Morgan fingerprint density at radius 2 is 2.41 bits per heavy atom. The minimum absolute atomic E-state index is 0.0863. The van der Waals surface area contributed by atoms with Gasteiger partial charge in [0.1, 0.15) is 0 Å². The number of hydrogen-bond donors (Lipinski definition) is 1. The maximum atomic E-state index is 5.97. The van der Waals surface area contributed by atoms with Gasteiger partial charge in [0.2, 0.25) is 0 Å². The van der Waals surface area contributed by atoms with Gasteiger partial charge >= 0.3 is 0 Å². The van der Waals surface area contributed by atoms with Crippen LogP contribution in [0.5, 0.6) is 0 Å². The van der Waals surface area contributed by atoms with E-state index in [9.17, 15) is 0 Å². The Morgan fingerprint density at radius 3 is 3.00 bits per heavy atom. The maximum absolute atomic E-state index is 5.97. The van der Waals surface area contributed by atoms with E-state index >= 15 is 0 Å². The predicted molar refractivity (Wildman–Crippen MR) is 73.7 cm³/mol. The van der Waals surface area contributed by atoms with Crippen molar-refractivity contribution in [1.29, 1.82) is 0 Å². The van der Waals surface area contributed by atoms with Gasteiger partial charge in [0.05, 0.1) is 11.7 Å². The standard InChI is InChI=1S/C14H23NOS/c1-11(8-12-5-7-17-10-12)15-9-13-4-6-14(2,3)16-13/h5,7,10-11,13,15H,4,6,8-9H2,1-3H3. The number of nitrogens with one attached hydrogen (secondary N) is 1. The van der Waals surface area contributed by atoms with Crippen molar-refractivity contribution in [3.63, 3.8) is 0 Å². The molecule has 2 unspecified atom stereocenters. The van der Waals surface area contributed by atoms with Gasteiger partial charge in [-0.2, -0.15) is 11.3 Å². The predicted octanol–water partition coefficient (Wildman–Crippen LogP) is 3.23. The lowest BCUT2D eigenvalue weighted by atomic mass is 10.1. The molecule has 0 bridgehead atoms. The first kappa shape index (κ1) is 13.1. The van der Waals surface area contributed by atoms with E-state index in [1.54, 1.807) is 11.3 Å². The first-order chi connectivity index (χ1) is 8.05. The van der Waals surface area contributed by atoms with Crippen LogP contribution in [0.3, 0.4) is 0 Å². The highest BCUT2D eigenvalue weighted by molar-refractivity contribution is 7.07. The molecule has 1 saturated heterocycles. The molecule has 0 spiro atoms. The monoisotopic (exact) mass is 253 g/mol. The summed E-state index contributed by atoms with van der Waals surface area (Å²) in [5.41, 5.74) is 1.52. The second kappa shape index (κ2) is 5.51. The molecule has 0 radical (unpaired) electrons. The van der Waals surface area contributed by atoms with Gasteiger partial charge in [0.25, 0.3) is 0 Å². The van der Waals surface area contributed by atoms with Crippen LogP contribution in [-0.2, 0) is 11.2 Å². The summed E-state index contributed by atoms with van der Waals surface area (Å²) >= 11 is 1.77. The molecule has 1 aromatic rings. The Hall–Kier alpha value is -0.380. The van der Waals surface area contributed by atoms with Crippen LogP contribution in [-0.4, -0.2) is 24.3 Å². The quantitative estimate of drug-likeness (QED) is 0.870. The topological polar surface area (TPSA) is 21.3 Å². The molecular weight excluding hydrogens is 230 g/mol. The van der Waals surface area contributed by atoms with Crippen molar-refractivity contribution in [2.75, 3.05) is 6.54 Å². The largest absolute Gasteiger partial charge is 0.371 e. The Balaban J connectivity index is 1.68. The van der Waals surface area contributed by atoms with E-state index in [1.165, 1.54) is 18.4 Å². The fraction of sp³-hybridized carbons (Fsp3) is 0.714. The second-order valence-corrected chi connectivity index (χ2v) is 6.46. The van der Waals surface area contributed by atoms with E-state index in [0.29, 0.717) is 12.1 Å². The summed E-state index contributed by atoms with van der Waals surface area (Å²) in [6.07, 6.45) is 3.87. The third-order valence-electron chi connectivity index (χ3n) is 3.37. The summed E-state index contributed by atoms with van der Waals surface area (Å²) in [7, 11) is 0. The van der Waals surface area contributed by atoms with Crippen LogP contribution in [0.2, 0.25) is 0 Å². The van der Waals surface area contributed by atoms with Gasteiger partial charge in [0, 0.05) is 12.6 Å². The van der Waals surface area contributed by atoms with Crippen LogP contribution in [0.25, 0.3) is 0 Å². The zero-order valence-corrected chi connectivity index (χ0v) is 11.8. The average Bonchev–Trinajstić information content (AvgIpc) is 2.85. The van der Waals surface area contributed by atoms with Gasteiger partial charge in [-0.25, -0.2) is 0 Å². The van der Waals surface area contributed by atoms with E-state index < -0.39 is 0 Å². The summed E-state index contributed by atoms with van der Waals surface area (Å²) in [6, 6.07) is 2.73. The molecule has 2 rings (SSSR count). The fourth-order valence-corrected chi connectivity index (χ4v) is 3.07. The molecule has 0 aromatic carbocycles. The Morgan fingerprint density at radius 1 is 1.59 bits per heavy atom. The Kier molecular flexibility index (Phi) is 4.23. The van der Waals surface area contributed by atoms with Gasteiger partial charge in [-0.15, -0.1) is 0 Å². The first-order valence-electron chi connectivity index (χ1n) is 6.47. The molecule has 1 N–H and O–H groups in total. The maximum Gasteiger partial charge on any atom is 0.0707 e. The SMILES string of the molecule is CC(Cc1ccsc1)NCC1CCC(C)(C)O1. The molecule has 17 heavy (non-hydrogen) atoms. The zero-order valence-electron chi connectivity index (χ0n) is 11.0. The highest BCUT2D eigenvalue weighted by atomic mass is 32.1. The lowest BCUT2D eigenvalue weighted by Gasteiger charge is -2.21. The fourth-order valence-electron chi connectivity index (χ4n) is 2.39. The first-order valence-corrected chi connectivity index (χ1v) is 7.42. The third kappa shape index (κ3) is 4.09. The highest BCUT2D eigenvalue weighted by Crippen LogP contribution is 2.28. The van der Waals surface area contributed by atoms with Crippen molar-refractivity contribution in [3.05, 3.63) is 22.4 Å². The molecular formula is C14H23NOS. The van der Waals surface area contributed by atoms with E-state index in [0.717, 1.165) is 13.0 Å². The summed E-state index contributed by atoms with van der Waals surface area (Å²) < 4.78 is 5.97. The second-order valence-electron chi connectivity index (χ2n) is 5.68. The van der Waals surface area contributed by atoms with E-state index in [1.807, 2.05) is 0 Å². The van der Waals surface area contributed by atoms with Gasteiger partial charge in [-0.3, -0.25) is 0 Å². The minimum Gasteiger partial charge on any atom is -0.371 e. The molecule has 2 nitrogen and oxygen atoms in total. The van der Waals surface area contributed by atoms with Crippen LogP contribution >= 0.6 is 11.3 Å². The van der Waals surface area contributed by atoms with Crippen LogP contribution in [0.4, 0.5) is 0 Å². The summed E-state index contributed by atoms with van der Waals surface area (Å²) in [4.78, 5) is 0. The molecule has 1 aliphatic heterocycles. The molecule has 1 aliphatic rings. The minimum atomic E-state index is 0.0863. The van der Waals surface area contributed by atoms with Gasteiger partial charge in [-0.05, 0) is 62.4 Å². The lowest BCUT2D eigenvalue weighted by molar-refractivity contribution is -0.0149. The molecule has 0 saturated carbocycles. The van der Waals surface area contributed by atoms with Crippen molar-refractivity contribution in [2.24, 2.45) is 0 Å². The molecule has 1 fully saturated rings. The third-order valence-corrected chi connectivity index (χ3v) is 4.10. The summed E-state index contributed by atoms with van der Waals surface area (Å²) in [6.45, 7) is 7.59. The van der Waals surface area contributed by atoms with Crippen LogP contribution in [0.1, 0.15) is 39.2 Å². The molecule has 96 valence electrons. The smallest absolute Gasteiger partial charge is 0.0707 e. The highest BCUT2D eigenvalue weighted by Gasteiger charge is 2.31. The van der Waals surface area contributed by atoms with E-state index in [4.69, 9.17) is 4.74 Å². The van der Waals surface area contributed by atoms with Crippen molar-refractivity contribution >= 4 is 11.3 Å². The molecule has 0 amide bonds. The summed E-state index contributed by atoms with van der Waals surface area (Å²) in [5.74, 6) is 0. The Bertz CT molecular complexity index is 334. The molecule has 3 heteroatoms. The van der Waals surface area contributed by atoms with Gasteiger partial charge in [-0.1, -0.05) is 0 Å². The van der Waals surface area contributed by atoms with Crippen LogP contribution < -0.4 is 5.32 Å². The van der Waals surface area contributed by atoms with Gasteiger partial charge in [0.15, 0.2) is 0 Å². The van der Waals surface area contributed by atoms with Crippen molar-refractivity contribution < 1.29 is 4.74 Å². The van der Waals surface area contributed by atoms with Crippen molar-refractivity contribution in [3.8, 4) is 0 Å². The normalized spacial score (nSPS) is 25.0. The Labute approximate surface area is 108 Å². The number of ether oxygens (including phenoxy) is 1. The molecule has 2 atom stereocenters. The number of thiophene rings is 1. The van der Waals surface area contributed by atoms with Crippen LogP contribution in [0.15, 0.2) is 16.8 Å². The van der Waals surface area contributed by atoms with Gasteiger partial charge < -0.3 is 10.1 Å². The van der Waals surface area contributed by atoms with Crippen molar-refractivity contribution in [1.82, 2.24) is 5.32 Å². The molecule has 1 aromatic heterocycles. The zero-order chi connectivity index (χ0) is 12.3. The van der Waals surface area contributed by atoms with E-state index in [2.05, 4.69) is 42.9 Å².